The van der Waals surface area contributed by atoms with Crippen LogP contribution in [0.15, 0.2) is 63.1 Å². The Hall–Kier alpha value is -2.74. The molecule has 0 aliphatic heterocycles. The zero-order valence-corrected chi connectivity index (χ0v) is 19.6. The lowest BCUT2D eigenvalue weighted by molar-refractivity contribution is -0.113. The van der Waals surface area contributed by atoms with Crippen LogP contribution < -0.4 is 10.9 Å². The molecule has 4 rings (SSSR count). The second-order valence-corrected chi connectivity index (χ2v) is 9.09. The lowest BCUT2D eigenvalue weighted by atomic mass is 10.1. The molecule has 0 aliphatic rings. The van der Waals surface area contributed by atoms with Gasteiger partial charge in [-0.3, -0.25) is 14.2 Å². The van der Waals surface area contributed by atoms with E-state index in [0.29, 0.717) is 37.6 Å². The zero-order valence-electron chi connectivity index (χ0n) is 17.3. The third-order valence-corrected chi connectivity index (χ3v) is 6.31. The highest BCUT2D eigenvalue weighted by atomic mass is 35.5. The van der Waals surface area contributed by atoms with Crippen molar-refractivity contribution in [3.05, 3.63) is 86.0 Å². The maximum Gasteiger partial charge on any atom is 0.262 e. The van der Waals surface area contributed by atoms with Crippen molar-refractivity contribution in [2.24, 2.45) is 0 Å². The lowest BCUT2D eigenvalue weighted by Gasteiger charge is -2.14. The first-order chi connectivity index (χ1) is 15.3. The van der Waals surface area contributed by atoms with Crippen molar-refractivity contribution in [3.63, 3.8) is 0 Å². The van der Waals surface area contributed by atoms with E-state index in [9.17, 15) is 9.59 Å². The number of nitrogens with zero attached hydrogens (tertiary/aromatic N) is 2. The Balaban J connectivity index is 1.63. The molecule has 6 nitrogen and oxygen atoms in total. The van der Waals surface area contributed by atoms with Crippen molar-refractivity contribution in [1.82, 2.24) is 9.55 Å². The number of anilines is 1. The van der Waals surface area contributed by atoms with Crippen molar-refractivity contribution in [2.75, 3.05) is 11.1 Å². The lowest BCUT2D eigenvalue weighted by Crippen LogP contribution is -2.24. The number of amides is 1. The second kappa shape index (κ2) is 9.40. The Bertz CT molecular complexity index is 1340. The molecule has 0 bridgehead atoms. The van der Waals surface area contributed by atoms with Crippen LogP contribution >= 0.6 is 35.0 Å². The minimum Gasteiger partial charge on any atom is -0.467 e. The number of furan rings is 1. The Morgan fingerprint density at radius 3 is 2.72 bits per heavy atom. The summed E-state index contributed by atoms with van der Waals surface area (Å²) in [5.74, 6) is 0.393. The van der Waals surface area contributed by atoms with Crippen LogP contribution in [0.4, 0.5) is 5.69 Å². The summed E-state index contributed by atoms with van der Waals surface area (Å²) in [4.78, 5) is 30.4. The average molecular weight is 488 g/mol. The van der Waals surface area contributed by atoms with Gasteiger partial charge in [0.1, 0.15) is 5.76 Å². The topological polar surface area (TPSA) is 77.1 Å². The van der Waals surface area contributed by atoms with Crippen LogP contribution in [0.25, 0.3) is 10.9 Å². The molecule has 0 atom stereocenters. The first kappa shape index (κ1) is 22.5. The van der Waals surface area contributed by atoms with E-state index in [4.69, 9.17) is 27.6 Å². The van der Waals surface area contributed by atoms with E-state index >= 15 is 0 Å². The van der Waals surface area contributed by atoms with Crippen LogP contribution in [-0.2, 0) is 11.3 Å². The summed E-state index contributed by atoms with van der Waals surface area (Å²) in [5, 5.41) is 4.65. The molecule has 1 N–H and O–H groups in total. The summed E-state index contributed by atoms with van der Waals surface area (Å²) in [6.07, 6.45) is 1.54. The van der Waals surface area contributed by atoms with E-state index in [0.717, 1.165) is 22.9 Å². The molecular weight excluding hydrogens is 469 g/mol. The number of carbonyl (C=O) groups excluding carboxylic acids is 1. The first-order valence-corrected chi connectivity index (χ1v) is 11.5. The monoisotopic (exact) mass is 487 g/mol. The molecule has 0 radical (unpaired) electrons. The number of fused-ring (bicyclic) bond motifs is 1. The van der Waals surface area contributed by atoms with E-state index < -0.39 is 0 Å². The number of hydrogen-bond acceptors (Lipinski definition) is 5. The molecule has 4 aromatic rings. The molecule has 164 valence electrons. The molecule has 9 heteroatoms. The molecule has 0 saturated carbocycles. The third kappa shape index (κ3) is 4.85. The van der Waals surface area contributed by atoms with E-state index in [2.05, 4.69) is 10.3 Å². The summed E-state index contributed by atoms with van der Waals surface area (Å²) in [6.45, 7) is 4.03. The predicted molar refractivity (Wildman–Crippen MR) is 129 cm³/mol. The molecule has 0 aliphatic carbocycles. The maximum atomic E-state index is 13.2. The highest BCUT2D eigenvalue weighted by Crippen LogP contribution is 2.28. The molecule has 0 unspecified atom stereocenters. The van der Waals surface area contributed by atoms with Crippen LogP contribution in [0.5, 0.6) is 0 Å². The molecular formula is C23H19Cl2N3O3S. The number of thioether (sulfide) groups is 1. The molecule has 32 heavy (non-hydrogen) atoms. The van der Waals surface area contributed by atoms with Crippen LogP contribution in [0, 0.1) is 13.8 Å². The van der Waals surface area contributed by atoms with Crippen LogP contribution in [0.3, 0.4) is 0 Å². The van der Waals surface area contributed by atoms with Gasteiger partial charge in [0.2, 0.25) is 5.91 Å². The Morgan fingerprint density at radius 1 is 1.19 bits per heavy atom. The Labute approximate surface area is 198 Å². The van der Waals surface area contributed by atoms with Crippen LogP contribution in [-0.4, -0.2) is 21.2 Å². The summed E-state index contributed by atoms with van der Waals surface area (Å²) < 4.78 is 6.90. The quantitative estimate of drug-likeness (QED) is 0.279. The maximum absolute atomic E-state index is 13.2. The normalized spacial score (nSPS) is 11.1. The van der Waals surface area contributed by atoms with Gasteiger partial charge in [0.25, 0.3) is 5.56 Å². The molecule has 2 aromatic heterocycles. The van der Waals surface area contributed by atoms with Crippen molar-refractivity contribution >= 4 is 57.5 Å². The number of aromatic nitrogens is 2. The standard InChI is InChI=1S/C23H19Cl2N3O3S/c1-13-8-14(2)21(18(25)9-13)27-20(29)12-32-23-26-19-10-15(24)5-6-17(19)22(30)28(23)11-16-4-3-7-31-16/h3-10H,11-12H2,1-2H3,(H,27,29). The predicted octanol–water partition coefficient (Wildman–Crippen LogP) is 5.69. The van der Waals surface area contributed by atoms with Crippen molar-refractivity contribution < 1.29 is 9.21 Å². The summed E-state index contributed by atoms with van der Waals surface area (Å²) in [5.41, 5.74) is 2.71. The fraction of sp³-hybridized carbons (Fsp3) is 0.174. The summed E-state index contributed by atoms with van der Waals surface area (Å²) in [6, 6.07) is 12.2. The number of hydrogen-bond donors (Lipinski definition) is 1. The van der Waals surface area contributed by atoms with Crippen LogP contribution in [0.1, 0.15) is 16.9 Å². The van der Waals surface area contributed by atoms with E-state index in [1.54, 1.807) is 42.7 Å². The SMILES string of the molecule is Cc1cc(C)c(NC(=O)CSc2nc3cc(Cl)ccc3c(=O)n2Cc2ccco2)c(Cl)c1. The van der Waals surface area contributed by atoms with E-state index in [-0.39, 0.29) is 23.8 Å². The van der Waals surface area contributed by atoms with E-state index in [1.807, 2.05) is 19.9 Å². The van der Waals surface area contributed by atoms with Crippen molar-refractivity contribution in [2.45, 2.75) is 25.5 Å². The van der Waals surface area contributed by atoms with Gasteiger partial charge in [-0.05, 0) is 61.4 Å². The van der Waals surface area contributed by atoms with Gasteiger partial charge in [-0.25, -0.2) is 4.98 Å². The minimum atomic E-state index is -0.256. The molecule has 0 spiro atoms. The van der Waals surface area contributed by atoms with Crippen molar-refractivity contribution in [1.29, 1.82) is 0 Å². The smallest absolute Gasteiger partial charge is 0.262 e. The Kier molecular flexibility index (Phi) is 6.60. The molecule has 2 aromatic carbocycles. The third-order valence-electron chi connectivity index (χ3n) is 4.80. The fourth-order valence-corrected chi connectivity index (χ4v) is 4.69. The summed E-state index contributed by atoms with van der Waals surface area (Å²) >= 11 is 13.5. The zero-order chi connectivity index (χ0) is 22.8. The number of carbonyl (C=O) groups is 1. The number of benzene rings is 2. The number of halogens is 2. The Morgan fingerprint density at radius 2 is 2.00 bits per heavy atom. The minimum absolute atomic E-state index is 0.0420. The molecule has 1 amide bonds. The van der Waals surface area contributed by atoms with Gasteiger partial charge in [-0.1, -0.05) is 41.0 Å². The fourth-order valence-electron chi connectivity index (χ4n) is 3.36. The van der Waals surface area contributed by atoms with Gasteiger partial charge in [0.15, 0.2) is 5.16 Å². The average Bonchev–Trinajstić information content (AvgIpc) is 3.24. The molecule has 2 heterocycles. The highest BCUT2D eigenvalue weighted by Gasteiger charge is 2.16. The van der Waals surface area contributed by atoms with Gasteiger partial charge in [-0.15, -0.1) is 0 Å². The number of aryl methyl sites for hydroxylation is 2. The van der Waals surface area contributed by atoms with Gasteiger partial charge >= 0.3 is 0 Å². The van der Waals surface area contributed by atoms with Crippen LogP contribution in [0.2, 0.25) is 10.0 Å². The number of nitrogens with one attached hydrogen (secondary N) is 1. The van der Waals surface area contributed by atoms with Gasteiger partial charge in [-0.2, -0.15) is 0 Å². The van der Waals surface area contributed by atoms with E-state index in [1.165, 1.54) is 4.57 Å². The number of rotatable bonds is 6. The largest absolute Gasteiger partial charge is 0.467 e. The second-order valence-electron chi connectivity index (χ2n) is 7.30. The first-order valence-electron chi connectivity index (χ1n) is 9.73. The molecule has 0 saturated heterocycles. The van der Waals surface area contributed by atoms with Gasteiger partial charge < -0.3 is 9.73 Å². The van der Waals surface area contributed by atoms with Gasteiger partial charge in [0, 0.05) is 5.02 Å². The summed E-state index contributed by atoms with van der Waals surface area (Å²) in [7, 11) is 0. The molecule has 0 fully saturated rings. The highest BCUT2D eigenvalue weighted by molar-refractivity contribution is 7.99. The van der Waals surface area contributed by atoms with Crippen molar-refractivity contribution in [3.8, 4) is 0 Å². The van der Waals surface area contributed by atoms with Gasteiger partial charge in [0.05, 0.1) is 40.2 Å².